The molecule has 0 amide bonds. The van der Waals surface area contributed by atoms with Crippen LogP contribution in [0.3, 0.4) is 0 Å². The number of H-pyrrole nitrogens is 1. The van der Waals surface area contributed by atoms with Crippen molar-refractivity contribution in [2.24, 2.45) is 5.73 Å². The Morgan fingerprint density at radius 3 is 3.15 bits per heavy atom. The molecule has 0 spiro atoms. The maximum atomic E-state index is 9.34. The Morgan fingerprint density at radius 2 is 2.50 bits per heavy atom. The average Bonchev–Trinajstić information content (AvgIpc) is 3.06. The standard InChI is InChI=1S/C13H12N4O2S/c1-18-6-9-16-11-10(8-3-2-4-20-8)7(5-14)12(15)19-13(11)17-9/h2-4,10H,6,15H2,1H3,(H,16,17). The number of nitrogens with two attached hydrogens (primary N) is 1. The van der Waals surface area contributed by atoms with E-state index in [0.29, 0.717) is 23.9 Å². The van der Waals surface area contributed by atoms with E-state index in [4.69, 9.17) is 15.2 Å². The van der Waals surface area contributed by atoms with Gasteiger partial charge in [-0.3, -0.25) is 0 Å². The highest BCUT2D eigenvalue weighted by atomic mass is 32.1. The van der Waals surface area contributed by atoms with Crippen LogP contribution in [0.5, 0.6) is 5.88 Å². The first-order valence-corrected chi connectivity index (χ1v) is 6.81. The molecule has 0 saturated carbocycles. The minimum atomic E-state index is -0.262. The van der Waals surface area contributed by atoms with Crippen molar-refractivity contribution in [1.29, 1.82) is 5.26 Å². The molecule has 1 unspecified atom stereocenters. The molecule has 3 N–H and O–H groups in total. The zero-order valence-electron chi connectivity index (χ0n) is 10.7. The fourth-order valence-electron chi connectivity index (χ4n) is 2.20. The van der Waals surface area contributed by atoms with E-state index in [9.17, 15) is 5.26 Å². The number of allylic oxidation sites excluding steroid dienone is 1. The van der Waals surface area contributed by atoms with Crippen LogP contribution in [0.25, 0.3) is 0 Å². The number of ether oxygens (including phenoxy) is 2. The quantitative estimate of drug-likeness (QED) is 0.898. The van der Waals surface area contributed by atoms with E-state index in [-0.39, 0.29) is 11.8 Å². The Hall–Kier alpha value is -2.30. The lowest BCUT2D eigenvalue weighted by atomic mass is 9.93. The summed E-state index contributed by atoms with van der Waals surface area (Å²) in [7, 11) is 1.59. The summed E-state index contributed by atoms with van der Waals surface area (Å²) >= 11 is 1.56. The predicted molar refractivity (Wildman–Crippen MR) is 72.9 cm³/mol. The Labute approximate surface area is 119 Å². The van der Waals surface area contributed by atoms with Gasteiger partial charge in [0.15, 0.2) is 0 Å². The van der Waals surface area contributed by atoms with E-state index in [1.165, 1.54) is 0 Å². The second kappa shape index (κ2) is 5.00. The number of fused-ring (bicyclic) bond motifs is 1. The fourth-order valence-corrected chi connectivity index (χ4v) is 3.05. The first-order valence-electron chi connectivity index (χ1n) is 5.93. The second-order valence-electron chi connectivity index (χ2n) is 4.28. The molecule has 1 aliphatic heterocycles. The third kappa shape index (κ3) is 1.95. The Morgan fingerprint density at radius 1 is 1.65 bits per heavy atom. The lowest BCUT2D eigenvalue weighted by molar-refractivity contribution is 0.178. The molecule has 2 aromatic rings. The minimum absolute atomic E-state index is 0.105. The van der Waals surface area contributed by atoms with Gasteiger partial charge in [-0.1, -0.05) is 6.07 Å². The summed E-state index contributed by atoms with van der Waals surface area (Å²) in [5.41, 5.74) is 6.98. The average molecular weight is 288 g/mol. The molecule has 6 nitrogen and oxygen atoms in total. The maximum absolute atomic E-state index is 9.34. The number of aromatic amines is 1. The van der Waals surface area contributed by atoms with Crippen molar-refractivity contribution < 1.29 is 9.47 Å². The molecule has 0 aliphatic carbocycles. The lowest BCUT2D eigenvalue weighted by Gasteiger charge is -2.21. The van der Waals surface area contributed by atoms with Crippen molar-refractivity contribution in [2.75, 3.05) is 7.11 Å². The Kier molecular flexibility index (Phi) is 3.18. The summed E-state index contributed by atoms with van der Waals surface area (Å²) in [6.45, 7) is 0.343. The molecule has 0 aromatic carbocycles. The monoisotopic (exact) mass is 288 g/mol. The largest absolute Gasteiger partial charge is 0.420 e. The van der Waals surface area contributed by atoms with Crippen LogP contribution in [0.4, 0.5) is 0 Å². The number of nitrogens with zero attached hydrogens (tertiary/aromatic N) is 2. The molecular formula is C13H12N4O2S. The summed E-state index contributed by atoms with van der Waals surface area (Å²) < 4.78 is 10.5. The predicted octanol–water partition coefficient (Wildman–Crippen LogP) is 1.84. The molecule has 0 radical (unpaired) electrons. The lowest BCUT2D eigenvalue weighted by Crippen LogP contribution is -2.20. The first kappa shape index (κ1) is 12.7. The number of imidazole rings is 1. The van der Waals surface area contributed by atoms with Crippen LogP contribution in [0.15, 0.2) is 29.0 Å². The maximum Gasteiger partial charge on any atom is 0.243 e. The summed E-state index contributed by atoms with van der Waals surface area (Å²) in [5.74, 6) is 0.897. The zero-order valence-corrected chi connectivity index (χ0v) is 11.5. The molecular weight excluding hydrogens is 276 g/mol. The molecule has 0 fully saturated rings. The van der Waals surface area contributed by atoms with Crippen LogP contribution in [0.1, 0.15) is 22.3 Å². The van der Waals surface area contributed by atoms with Gasteiger partial charge in [0.25, 0.3) is 0 Å². The molecule has 102 valence electrons. The minimum Gasteiger partial charge on any atom is -0.420 e. The van der Waals surface area contributed by atoms with Crippen molar-refractivity contribution in [2.45, 2.75) is 12.5 Å². The van der Waals surface area contributed by atoms with Crippen molar-refractivity contribution >= 4 is 11.3 Å². The highest BCUT2D eigenvalue weighted by Crippen LogP contribution is 2.42. The second-order valence-corrected chi connectivity index (χ2v) is 5.25. The van der Waals surface area contributed by atoms with Gasteiger partial charge in [-0.25, -0.2) is 0 Å². The van der Waals surface area contributed by atoms with Crippen LogP contribution in [-0.2, 0) is 11.3 Å². The summed E-state index contributed by atoms with van der Waals surface area (Å²) in [6.07, 6.45) is 0. The van der Waals surface area contributed by atoms with E-state index in [0.717, 1.165) is 10.6 Å². The number of hydrogen-bond acceptors (Lipinski definition) is 6. The number of rotatable bonds is 3. The van der Waals surface area contributed by atoms with Crippen LogP contribution in [0, 0.1) is 11.3 Å². The Balaban J connectivity index is 2.12. The van der Waals surface area contributed by atoms with Gasteiger partial charge in [0.1, 0.15) is 24.1 Å². The van der Waals surface area contributed by atoms with E-state index >= 15 is 0 Å². The van der Waals surface area contributed by atoms with E-state index in [2.05, 4.69) is 16.0 Å². The number of aromatic nitrogens is 2. The van der Waals surface area contributed by atoms with E-state index in [1.54, 1.807) is 18.4 Å². The van der Waals surface area contributed by atoms with Crippen LogP contribution >= 0.6 is 11.3 Å². The smallest absolute Gasteiger partial charge is 0.243 e. The molecule has 1 atom stereocenters. The number of nitriles is 1. The molecule has 20 heavy (non-hydrogen) atoms. The highest BCUT2D eigenvalue weighted by Gasteiger charge is 2.34. The van der Waals surface area contributed by atoms with Crippen LogP contribution in [-0.4, -0.2) is 17.1 Å². The number of nitrogens with one attached hydrogen (secondary N) is 1. The number of thiophene rings is 1. The first-order chi connectivity index (χ1) is 9.74. The van der Waals surface area contributed by atoms with Crippen molar-refractivity contribution in [3.05, 3.63) is 45.4 Å². The number of methoxy groups -OCH3 is 1. The van der Waals surface area contributed by atoms with Gasteiger partial charge in [0.2, 0.25) is 11.8 Å². The molecule has 7 heteroatoms. The topological polar surface area (TPSA) is 97.0 Å². The molecule has 1 aliphatic rings. The van der Waals surface area contributed by atoms with E-state index < -0.39 is 0 Å². The van der Waals surface area contributed by atoms with Gasteiger partial charge >= 0.3 is 0 Å². The summed E-state index contributed by atoms with van der Waals surface area (Å²) in [6, 6.07) is 6.03. The van der Waals surface area contributed by atoms with Gasteiger partial charge in [-0.2, -0.15) is 10.2 Å². The van der Waals surface area contributed by atoms with E-state index in [1.807, 2.05) is 17.5 Å². The Bertz CT molecular complexity index is 697. The fraction of sp³-hybridized carbons (Fsp3) is 0.231. The third-order valence-corrected chi connectivity index (χ3v) is 3.96. The van der Waals surface area contributed by atoms with Crippen molar-refractivity contribution in [3.8, 4) is 11.9 Å². The number of hydrogen-bond donors (Lipinski definition) is 2. The van der Waals surface area contributed by atoms with Gasteiger partial charge in [-0.15, -0.1) is 11.3 Å². The molecule has 0 bridgehead atoms. The van der Waals surface area contributed by atoms with Gasteiger partial charge in [0.05, 0.1) is 11.6 Å². The molecule has 2 aromatic heterocycles. The van der Waals surface area contributed by atoms with Crippen molar-refractivity contribution in [1.82, 2.24) is 9.97 Å². The third-order valence-electron chi connectivity index (χ3n) is 3.02. The molecule has 0 saturated heterocycles. The zero-order chi connectivity index (χ0) is 14.1. The van der Waals surface area contributed by atoms with Crippen LogP contribution < -0.4 is 10.5 Å². The van der Waals surface area contributed by atoms with Crippen molar-refractivity contribution in [3.63, 3.8) is 0 Å². The highest BCUT2D eigenvalue weighted by molar-refractivity contribution is 7.10. The van der Waals surface area contributed by atoms with Gasteiger partial charge in [0, 0.05) is 12.0 Å². The summed E-state index contributed by atoms with van der Waals surface area (Å²) in [4.78, 5) is 8.48. The van der Waals surface area contributed by atoms with Gasteiger partial charge in [-0.05, 0) is 11.4 Å². The SMILES string of the molecule is COCc1nc2c([nH]1)C(c1cccs1)C(C#N)=C(N)O2. The molecule has 3 heterocycles. The van der Waals surface area contributed by atoms with Crippen LogP contribution in [0.2, 0.25) is 0 Å². The summed E-state index contributed by atoms with van der Waals surface area (Å²) in [5, 5.41) is 11.3. The van der Waals surface area contributed by atoms with Gasteiger partial charge < -0.3 is 20.2 Å². The normalized spacial score (nSPS) is 17.5. The molecule has 3 rings (SSSR count).